The van der Waals surface area contributed by atoms with Crippen molar-refractivity contribution in [1.82, 2.24) is 20.3 Å². The summed E-state index contributed by atoms with van der Waals surface area (Å²) < 4.78 is 11.2. The van der Waals surface area contributed by atoms with Crippen LogP contribution in [0, 0.1) is 0 Å². The van der Waals surface area contributed by atoms with E-state index in [1.807, 2.05) is 0 Å². The van der Waals surface area contributed by atoms with Gasteiger partial charge in [0.2, 0.25) is 17.7 Å². The van der Waals surface area contributed by atoms with Crippen molar-refractivity contribution in [1.29, 1.82) is 0 Å². The van der Waals surface area contributed by atoms with Crippen LogP contribution < -0.4 is 0 Å². The minimum atomic E-state index is 0.468. The molecule has 0 unspecified atom stereocenters. The molecule has 2 heterocycles. The smallest absolute Gasteiger partial charge is 0.229 e. The first-order valence-electron chi connectivity index (χ1n) is 8.61. The van der Waals surface area contributed by atoms with Crippen molar-refractivity contribution in [2.45, 2.75) is 74.7 Å². The van der Waals surface area contributed by atoms with Gasteiger partial charge in [0.25, 0.3) is 0 Å². The summed E-state index contributed by atoms with van der Waals surface area (Å²) in [6.07, 6.45) is 9.89. The highest BCUT2D eigenvalue weighted by atomic mass is 32.2. The van der Waals surface area contributed by atoms with E-state index >= 15 is 0 Å². The Balaban J connectivity index is 1.26. The number of aromatic nitrogens is 4. The molecule has 7 heteroatoms. The van der Waals surface area contributed by atoms with Crippen LogP contribution in [-0.2, 0) is 11.5 Å². The molecule has 0 atom stereocenters. The number of nitrogens with zero attached hydrogens (tertiary/aromatic N) is 4. The molecular formula is C16H22N4O2S. The first kappa shape index (κ1) is 15.2. The Labute approximate surface area is 139 Å². The quantitative estimate of drug-likeness (QED) is 0.783. The van der Waals surface area contributed by atoms with Crippen LogP contribution in [-0.4, -0.2) is 20.3 Å². The molecule has 2 aromatic heterocycles. The van der Waals surface area contributed by atoms with Crippen molar-refractivity contribution in [3.63, 3.8) is 0 Å². The molecule has 0 bridgehead atoms. The van der Waals surface area contributed by atoms with Crippen LogP contribution in [0.1, 0.15) is 86.7 Å². The molecule has 0 saturated heterocycles. The second-order valence-electron chi connectivity index (χ2n) is 6.54. The summed E-state index contributed by atoms with van der Waals surface area (Å²) in [6.45, 7) is 0. The van der Waals surface area contributed by atoms with Crippen molar-refractivity contribution < 1.29 is 8.94 Å². The fraction of sp³-hybridized carbons (Fsp3) is 0.750. The largest absolute Gasteiger partial charge is 0.424 e. The molecule has 0 radical (unpaired) electrons. The molecule has 4 rings (SSSR count). The Bertz CT molecular complexity index is 632. The number of thioether (sulfide) groups is 1. The molecular weight excluding hydrogens is 312 g/mol. The Kier molecular flexibility index (Phi) is 4.64. The molecule has 23 heavy (non-hydrogen) atoms. The molecule has 0 amide bonds. The molecule has 124 valence electrons. The van der Waals surface area contributed by atoms with Gasteiger partial charge in [0, 0.05) is 11.8 Å². The van der Waals surface area contributed by atoms with E-state index in [9.17, 15) is 0 Å². The van der Waals surface area contributed by atoms with Gasteiger partial charge in [-0.1, -0.05) is 30.8 Å². The van der Waals surface area contributed by atoms with Gasteiger partial charge in [-0.2, -0.15) is 4.98 Å². The summed E-state index contributed by atoms with van der Waals surface area (Å²) in [5.74, 6) is 5.50. The molecule has 0 aliphatic heterocycles. The minimum absolute atomic E-state index is 0.468. The molecule has 2 aliphatic rings. The van der Waals surface area contributed by atoms with E-state index < -0.39 is 0 Å². The zero-order valence-electron chi connectivity index (χ0n) is 13.2. The summed E-state index contributed by atoms with van der Waals surface area (Å²) in [4.78, 5) is 4.56. The van der Waals surface area contributed by atoms with E-state index in [1.165, 1.54) is 51.4 Å². The Hall–Kier alpha value is -1.37. The fourth-order valence-corrected chi connectivity index (χ4v) is 3.91. The first-order valence-corrected chi connectivity index (χ1v) is 9.76. The maximum Gasteiger partial charge on any atom is 0.229 e. The number of hydrogen-bond donors (Lipinski definition) is 0. The first-order chi connectivity index (χ1) is 11.4. The van der Waals surface area contributed by atoms with Crippen LogP contribution in [0.4, 0.5) is 0 Å². The van der Waals surface area contributed by atoms with Crippen LogP contribution in [0.5, 0.6) is 0 Å². The van der Waals surface area contributed by atoms with Crippen LogP contribution in [0.15, 0.2) is 8.94 Å². The van der Waals surface area contributed by atoms with Gasteiger partial charge in [-0.15, -0.1) is 22.0 Å². The Morgan fingerprint density at radius 3 is 2.43 bits per heavy atom. The van der Waals surface area contributed by atoms with E-state index in [4.69, 9.17) is 8.94 Å². The lowest BCUT2D eigenvalue weighted by Gasteiger charge is -2.20. The zero-order chi connectivity index (χ0) is 15.5. The van der Waals surface area contributed by atoms with Crippen LogP contribution in [0.2, 0.25) is 0 Å². The highest BCUT2D eigenvalue weighted by molar-refractivity contribution is 7.97. The number of rotatable bonds is 6. The summed E-state index contributed by atoms with van der Waals surface area (Å²) in [5.41, 5.74) is 0. The van der Waals surface area contributed by atoms with E-state index in [0.717, 1.165) is 23.4 Å². The second kappa shape index (κ2) is 7.03. The van der Waals surface area contributed by atoms with Crippen molar-refractivity contribution in [3.05, 3.63) is 23.5 Å². The number of hydrogen-bond acceptors (Lipinski definition) is 7. The van der Waals surface area contributed by atoms with Gasteiger partial charge in [-0.25, -0.2) is 0 Å². The molecule has 2 fully saturated rings. The fourth-order valence-electron chi connectivity index (χ4n) is 3.22. The minimum Gasteiger partial charge on any atom is -0.424 e. The van der Waals surface area contributed by atoms with Gasteiger partial charge in [0.15, 0.2) is 5.82 Å². The lowest BCUT2D eigenvalue weighted by atomic mass is 9.85. The van der Waals surface area contributed by atoms with Crippen molar-refractivity contribution >= 4 is 11.8 Å². The third-order valence-electron chi connectivity index (χ3n) is 4.83. The van der Waals surface area contributed by atoms with E-state index in [-0.39, 0.29) is 0 Å². The summed E-state index contributed by atoms with van der Waals surface area (Å²) in [6, 6.07) is 0. The van der Waals surface area contributed by atoms with Gasteiger partial charge >= 0.3 is 0 Å². The standard InChI is InChI=1S/C16H22N4O2S/c1-2-5-11(6-3-1)15-17-13(20-22-15)9-23-10-14-18-19-16(21-14)12-7-4-8-12/h11-12H,1-10H2. The molecule has 0 N–H and O–H groups in total. The van der Waals surface area contributed by atoms with Crippen LogP contribution in [0.3, 0.4) is 0 Å². The molecule has 2 saturated carbocycles. The van der Waals surface area contributed by atoms with E-state index in [1.54, 1.807) is 11.8 Å². The van der Waals surface area contributed by atoms with Gasteiger partial charge < -0.3 is 8.94 Å². The van der Waals surface area contributed by atoms with Crippen molar-refractivity contribution in [2.24, 2.45) is 0 Å². The SMILES string of the molecule is C1CCC(c2nc(CSCc3nnc(C4CCC4)o3)no2)CC1. The third kappa shape index (κ3) is 3.59. The molecule has 6 nitrogen and oxygen atoms in total. The monoisotopic (exact) mass is 334 g/mol. The summed E-state index contributed by atoms with van der Waals surface area (Å²) in [7, 11) is 0. The summed E-state index contributed by atoms with van der Waals surface area (Å²) in [5, 5.41) is 12.4. The van der Waals surface area contributed by atoms with Gasteiger partial charge in [0.05, 0.1) is 11.5 Å². The van der Waals surface area contributed by atoms with E-state index in [2.05, 4.69) is 20.3 Å². The molecule has 0 aromatic carbocycles. The van der Waals surface area contributed by atoms with Crippen LogP contribution in [0.25, 0.3) is 0 Å². The molecule has 0 spiro atoms. The highest BCUT2D eigenvalue weighted by Gasteiger charge is 2.25. The predicted octanol–water partition coefficient (Wildman–Crippen LogP) is 4.20. The average molecular weight is 334 g/mol. The van der Waals surface area contributed by atoms with E-state index in [0.29, 0.717) is 23.5 Å². The lowest BCUT2D eigenvalue weighted by molar-refractivity contribution is 0.312. The topological polar surface area (TPSA) is 77.8 Å². The third-order valence-corrected chi connectivity index (χ3v) is 5.75. The maximum atomic E-state index is 5.72. The molecule has 2 aliphatic carbocycles. The normalized spacial score (nSPS) is 19.8. The lowest BCUT2D eigenvalue weighted by Crippen LogP contribution is -2.08. The zero-order valence-corrected chi connectivity index (χ0v) is 14.1. The maximum absolute atomic E-state index is 5.72. The summed E-state index contributed by atoms with van der Waals surface area (Å²) >= 11 is 1.69. The predicted molar refractivity (Wildman–Crippen MR) is 86.0 cm³/mol. The average Bonchev–Trinajstić information content (AvgIpc) is 3.17. The van der Waals surface area contributed by atoms with Gasteiger partial charge in [-0.05, 0) is 25.7 Å². The molecule has 2 aromatic rings. The van der Waals surface area contributed by atoms with Gasteiger partial charge in [-0.3, -0.25) is 0 Å². The van der Waals surface area contributed by atoms with Crippen LogP contribution >= 0.6 is 11.8 Å². The Morgan fingerprint density at radius 2 is 1.65 bits per heavy atom. The van der Waals surface area contributed by atoms with Gasteiger partial charge in [0.1, 0.15) is 0 Å². The Morgan fingerprint density at radius 1 is 0.870 bits per heavy atom. The van der Waals surface area contributed by atoms with Crippen molar-refractivity contribution in [2.75, 3.05) is 0 Å². The second-order valence-corrected chi connectivity index (χ2v) is 7.52. The van der Waals surface area contributed by atoms with Crippen molar-refractivity contribution in [3.8, 4) is 0 Å². The highest BCUT2D eigenvalue weighted by Crippen LogP contribution is 2.35.